The van der Waals surface area contributed by atoms with Crippen LogP contribution in [0.4, 0.5) is 58.7 Å². The van der Waals surface area contributed by atoms with Crippen LogP contribution in [0, 0.1) is 11.8 Å². The quantitative estimate of drug-likeness (QED) is 0.0272. The first kappa shape index (κ1) is 105. The van der Waals surface area contributed by atoms with Gasteiger partial charge < -0.3 is 77.8 Å². The van der Waals surface area contributed by atoms with Gasteiger partial charge in [-0.25, -0.2) is 25.0 Å². The van der Waals surface area contributed by atoms with Gasteiger partial charge in [-0.05, 0) is 133 Å². The Morgan fingerprint density at radius 1 is 0.450 bits per heavy atom. The van der Waals surface area contributed by atoms with E-state index in [1.54, 1.807) is 174 Å². The van der Waals surface area contributed by atoms with Crippen molar-refractivity contribution in [2.45, 2.75) is 38.6 Å². The lowest BCUT2D eigenvalue weighted by molar-refractivity contribution is -0.199. The first-order valence-corrected chi connectivity index (χ1v) is 47.0. The van der Waals surface area contributed by atoms with Gasteiger partial charge >= 0.3 is 6.18 Å². The van der Waals surface area contributed by atoms with Crippen LogP contribution in [0.3, 0.4) is 0 Å². The number of fused-ring (bicyclic) bond motifs is 4. The number of benzene rings is 9. The zero-order valence-electron chi connectivity index (χ0n) is 84.8. The Kier molecular flexibility index (Phi) is 35.0. The number of aliphatic hydroxyl groups is 1. The Bertz CT molecular complexity index is 7680. The van der Waals surface area contributed by atoms with Gasteiger partial charge in [0.25, 0.3) is 0 Å². The average Bonchev–Trinajstić information content (AvgIpc) is 1.79. The molecule has 9 aromatic heterocycles. The standard InChI is InChI=1S/C31H29N5O3.C29H28N6O3.C25H27F3N6O3.C25H28N6O4/c1-5-39-31-12-13-32-30(34-31)7-6-14-36(27-17-28(37-3)19-29(18-27)38-4)26-11-10-22-8-9-23(15-24(22)16-26)25-20-33-35(2)21-25;1-34-19-20(17-32-34)28-18-31-25-10-9-21(15-27(25)33-28)35(22-13-23(36-2)16-24(14-22)37-3)12-6-7-26-29(38-4)8-5-11-30-26;1-36-19-8-18(9-20(11-19)37-2)34(15-24(35)25(26,27)28)17-4-5-21-22(10-17)32-23(13-30-21)16-12-31-33(14-16)7-3-6-29;1-29-16-17(14-27-29)24-15-26-22-7-6-18(12-23(22)28-24)31(9-8-25(32)30(2)35-5)19-10-20(33-3)13-21(11-19)34-4/h8-13,15-21H,5,14H2,1-4H3;5-11,13-19H,12H2,1-4H3;4-5,8-14,24,35H,3,6-7,15,29H2,1-2H3;6-7,10-16H,8-9H2,1-5H3/b;7-6-;;/t;;24-;/m..0./s1. The van der Waals surface area contributed by atoms with E-state index in [4.69, 9.17) is 67.9 Å². The molecule has 0 saturated carbocycles. The second kappa shape index (κ2) is 49.5. The number of aromatic nitrogens is 17. The summed E-state index contributed by atoms with van der Waals surface area (Å²) in [6.45, 7) is 4.21. The van der Waals surface area contributed by atoms with Crippen molar-refractivity contribution in [2.75, 3.05) is 137 Å². The predicted molar refractivity (Wildman–Crippen MR) is 567 cm³/mol. The largest absolute Gasteiger partial charge is 0.497 e. The van der Waals surface area contributed by atoms with Gasteiger partial charge in [0.15, 0.2) is 6.10 Å². The fourth-order valence-electron chi connectivity index (χ4n) is 15.8. The molecule has 0 unspecified atom stereocenters. The van der Waals surface area contributed by atoms with Gasteiger partial charge in [0, 0.05) is 238 Å². The predicted octanol–water partition coefficient (Wildman–Crippen LogP) is 18.5. The molecular weight excluding hydrogens is 1910 g/mol. The average molecular weight is 2020 g/mol. The minimum atomic E-state index is -4.81. The molecule has 9 aromatic carbocycles. The number of amides is 1. The topological polar surface area (TPSA) is 368 Å². The van der Waals surface area contributed by atoms with Crippen LogP contribution < -0.4 is 72.7 Å². The van der Waals surface area contributed by atoms with Crippen molar-refractivity contribution < 1.29 is 75.3 Å². The minimum Gasteiger partial charge on any atom is -0.497 e. The smallest absolute Gasteiger partial charge is 0.416 e. The molecule has 0 aliphatic heterocycles. The number of ether oxygens (including phenoxy) is 10. The molecule has 1 amide bonds. The number of halogens is 3. The lowest BCUT2D eigenvalue weighted by atomic mass is 10.0. The van der Waals surface area contributed by atoms with Gasteiger partial charge in [-0.3, -0.25) is 48.3 Å². The third kappa shape index (κ3) is 27.0. The van der Waals surface area contributed by atoms with Gasteiger partial charge in [0.1, 0.15) is 57.4 Å². The number of pyridine rings is 1. The van der Waals surface area contributed by atoms with Crippen molar-refractivity contribution in [1.29, 1.82) is 0 Å². The minimum absolute atomic E-state index is 0.146. The third-order valence-electron chi connectivity index (χ3n) is 23.7. The number of aryl methyl sites for hydroxylation is 4. The maximum atomic E-state index is 13.3. The van der Waals surface area contributed by atoms with E-state index in [1.165, 1.54) is 31.3 Å². The number of aliphatic hydroxyl groups excluding tert-OH is 1. The molecule has 0 spiro atoms. The highest BCUT2D eigenvalue weighted by atomic mass is 19.4. The Morgan fingerprint density at radius 2 is 0.899 bits per heavy atom. The monoisotopic (exact) mass is 2020 g/mol. The summed E-state index contributed by atoms with van der Waals surface area (Å²) in [5.41, 5.74) is 23.2. The van der Waals surface area contributed by atoms with Crippen molar-refractivity contribution in [3.8, 4) is 114 Å². The zero-order chi connectivity index (χ0) is 105. The van der Waals surface area contributed by atoms with Crippen LogP contribution in [-0.4, -0.2) is 230 Å². The number of methoxy groups -OCH3 is 9. The SMILES string of the molecule is CCOc1ccnc(C#CCN(c2cc(OC)cc(OC)c2)c2ccc3ccc(-c4cnn(C)c4)cc3c2)n1.COc1cc(OC)cc(N(C/C=C\c2ncccc2OC)c2ccc3ncc(-c4cnn(C)c4)nc3c2)c1.COc1cc(OC)cc(N(CCC(=O)N(C)OC)c2ccc3ncc(-c4cnn(C)c4)nc3c2)c1.COc1cc(OC)cc(N(C[C@H](O)C(F)(F)F)c2ccc3ncc(-c4cnn(CCCN)c4)nc3c2)c1. The number of nitrogens with two attached hydrogens (primary N) is 1. The Hall–Kier alpha value is -18.0. The molecule has 766 valence electrons. The molecule has 18 rings (SSSR count). The van der Waals surface area contributed by atoms with Crippen molar-refractivity contribution >= 4 is 101 Å². The van der Waals surface area contributed by atoms with Crippen LogP contribution in [-0.2, 0) is 37.3 Å². The Balaban J connectivity index is 0.000000149. The van der Waals surface area contributed by atoms with E-state index in [0.29, 0.717) is 131 Å². The summed E-state index contributed by atoms with van der Waals surface area (Å²) < 4.78 is 102. The van der Waals surface area contributed by atoms with Crippen LogP contribution in [0.2, 0.25) is 0 Å². The number of hydrogen-bond donors (Lipinski definition) is 2. The van der Waals surface area contributed by atoms with E-state index in [0.717, 1.165) is 118 Å². The highest BCUT2D eigenvalue weighted by molar-refractivity contribution is 5.92. The highest BCUT2D eigenvalue weighted by Crippen LogP contribution is 2.42. The summed E-state index contributed by atoms with van der Waals surface area (Å²) in [6.07, 6.45) is 20.9. The molecule has 1 atom stereocenters. The summed E-state index contributed by atoms with van der Waals surface area (Å²) in [5.74, 6) is 12.6. The summed E-state index contributed by atoms with van der Waals surface area (Å²) in [6, 6.07) is 56.9. The summed E-state index contributed by atoms with van der Waals surface area (Å²) in [7, 11) is 23.0. The van der Waals surface area contributed by atoms with E-state index in [2.05, 4.69) is 113 Å². The maximum Gasteiger partial charge on any atom is 0.416 e. The summed E-state index contributed by atoms with van der Waals surface area (Å²) in [4.78, 5) is 66.2. The number of nitrogens with zero attached hydrogens (tertiary/aromatic N) is 22. The summed E-state index contributed by atoms with van der Waals surface area (Å²) in [5, 5.41) is 30.5. The van der Waals surface area contributed by atoms with Crippen LogP contribution in [0.5, 0.6) is 57.6 Å². The van der Waals surface area contributed by atoms with Crippen molar-refractivity contribution in [1.82, 2.24) is 89.0 Å². The third-order valence-corrected chi connectivity index (χ3v) is 23.7. The molecule has 39 heteroatoms. The van der Waals surface area contributed by atoms with E-state index >= 15 is 0 Å². The second-order valence-corrected chi connectivity index (χ2v) is 33.4. The molecule has 36 nitrogen and oxygen atoms in total. The van der Waals surface area contributed by atoms with E-state index in [1.807, 2.05) is 173 Å². The lowest BCUT2D eigenvalue weighted by Crippen LogP contribution is -2.39. The number of hydroxylamine groups is 2. The van der Waals surface area contributed by atoms with Crippen molar-refractivity contribution in [2.24, 2.45) is 26.9 Å². The van der Waals surface area contributed by atoms with Crippen LogP contribution >= 0.6 is 0 Å². The van der Waals surface area contributed by atoms with Gasteiger partial charge in [-0.1, -0.05) is 30.2 Å². The van der Waals surface area contributed by atoms with E-state index in [-0.39, 0.29) is 12.3 Å². The number of hydrogen-bond acceptors (Lipinski definition) is 31. The van der Waals surface area contributed by atoms with Gasteiger partial charge in [-0.2, -0.15) is 38.5 Å². The number of anilines is 8. The molecule has 0 saturated heterocycles. The Labute approximate surface area is 858 Å². The first-order valence-electron chi connectivity index (χ1n) is 47.0. The van der Waals surface area contributed by atoms with Gasteiger partial charge in [0.05, 0.1) is 184 Å². The molecule has 0 aliphatic rings. The van der Waals surface area contributed by atoms with Crippen LogP contribution in [0.1, 0.15) is 31.3 Å². The van der Waals surface area contributed by atoms with Crippen LogP contribution in [0.15, 0.2) is 269 Å². The molecule has 149 heavy (non-hydrogen) atoms. The number of alkyl halides is 3. The second-order valence-electron chi connectivity index (χ2n) is 33.4. The highest BCUT2D eigenvalue weighted by Gasteiger charge is 2.40. The molecule has 9 heterocycles. The van der Waals surface area contributed by atoms with Crippen LogP contribution in [0.25, 0.3) is 94.8 Å². The molecule has 0 fully saturated rings. The summed E-state index contributed by atoms with van der Waals surface area (Å²) >= 11 is 0. The molecule has 18 aromatic rings. The van der Waals surface area contributed by atoms with Gasteiger partial charge in [-0.15, -0.1) is 0 Å². The lowest BCUT2D eigenvalue weighted by Gasteiger charge is -2.29. The molecule has 3 N–H and O–H groups in total. The maximum absolute atomic E-state index is 13.3. The zero-order valence-corrected chi connectivity index (χ0v) is 84.8. The van der Waals surface area contributed by atoms with E-state index in [9.17, 15) is 23.1 Å². The number of carbonyl (C=O) groups excluding carboxylic acids is 1. The molecular formula is C110H112F3N23O13. The molecule has 0 aliphatic carbocycles. The first-order chi connectivity index (χ1) is 72.2. The molecule has 0 bridgehead atoms. The fraction of sp³-hybridized carbons (Fsp3) is 0.236. The van der Waals surface area contributed by atoms with E-state index < -0.39 is 18.8 Å². The van der Waals surface area contributed by atoms with Crippen molar-refractivity contribution in [3.05, 3.63) is 280 Å². The Morgan fingerprint density at radius 3 is 1.37 bits per heavy atom. The number of rotatable bonds is 36. The molecule has 0 radical (unpaired) electrons. The van der Waals surface area contributed by atoms with Crippen molar-refractivity contribution in [3.63, 3.8) is 0 Å². The normalized spacial score (nSPS) is 11.3. The fourth-order valence-corrected chi connectivity index (χ4v) is 15.8. The van der Waals surface area contributed by atoms with Gasteiger partial charge in [0.2, 0.25) is 17.6 Å². The number of carbonyl (C=O) groups is 1.